The smallest absolute Gasteiger partial charge is 0.239 e. The van der Waals surface area contributed by atoms with E-state index in [1.165, 1.54) is 5.69 Å². The third-order valence-corrected chi connectivity index (χ3v) is 5.10. The lowest BCUT2D eigenvalue weighted by molar-refractivity contribution is -0.133. The third-order valence-electron chi connectivity index (χ3n) is 5.10. The van der Waals surface area contributed by atoms with Crippen molar-refractivity contribution in [3.05, 3.63) is 66.2 Å². The molecular weight excluding hydrogens is 310 g/mol. The zero-order chi connectivity index (χ0) is 17.6. The molecule has 25 heavy (non-hydrogen) atoms. The van der Waals surface area contributed by atoms with Crippen LogP contribution in [0.4, 0.5) is 5.69 Å². The van der Waals surface area contributed by atoms with E-state index >= 15 is 0 Å². The number of amides is 1. The number of rotatable bonds is 5. The van der Waals surface area contributed by atoms with Crippen LogP contribution in [0.25, 0.3) is 0 Å². The summed E-state index contributed by atoms with van der Waals surface area (Å²) in [5.41, 5.74) is 8.51. The molecule has 2 aromatic rings. The Morgan fingerprint density at radius 2 is 1.64 bits per heavy atom. The Morgan fingerprint density at radius 1 is 1.08 bits per heavy atom. The summed E-state index contributed by atoms with van der Waals surface area (Å²) in [4.78, 5) is 16.9. The first-order valence-corrected chi connectivity index (χ1v) is 9.01. The standard InChI is InChI=1S/C21H27N3O/c1-23(18-10-6-3-7-11-18)19-12-14-24(15-13-19)21(25)20(22)16-17-8-4-2-5-9-17/h2-11,19-20H,12-16,22H2,1H3. The monoisotopic (exact) mass is 337 g/mol. The van der Waals surface area contributed by atoms with Crippen LogP contribution < -0.4 is 10.6 Å². The second kappa shape index (κ2) is 8.17. The van der Waals surface area contributed by atoms with E-state index < -0.39 is 6.04 Å². The fourth-order valence-corrected chi connectivity index (χ4v) is 3.54. The van der Waals surface area contributed by atoms with Gasteiger partial charge in [-0.2, -0.15) is 0 Å². The maximum atomic E-state index is 12.6. The van der Waals surface area contributed by atoms with Gasteiger partial charge in [0, 0.05) is 31.9 Å². The number of nitrogens with zero attached hydrogens (tertiary/aromatic N) is 2. The van der Waals surface area contributed by atoms with Gasteiger partial charge in [-0.15, -0.1) is 0 Å². The number of benzene rings is 2. The second-order valence-electron chi connectivity index (χ2n) is 6.80. The Hall–Kier alpha value is -2.33. The van der Waals surface area contributed by atoms with Crippen LogP contribution in [0.1, 0.15) is 18.4 Å². The van der Waals surface area contributed by atoms with Crippen molar-refractivity contribution in [3.63, 3.8) is 0 Å². The maximum Gasteiger partial charge on any atom is 0.239 e. The van der Waals surface area contributed by atoms with Gasteiger partial charge in [0.15, 0.2) is 0 Å². The number of para-hydroxylation sites is 1. The molecule has 132 valence electrons. The van der Waals surface area contributed by atoms with Crippen molar-refractivity contribution in [1.29, 1.82) is 0 Å². The average Bonchev–Trinajstić information content (AvgIpc) is 2.68. The molecule has 1 aliphatic heterocycles. The van der Waals surface area contributed by atoms with Gasteiger partial charge in [-0.1, -0.05) is 48.5 Å². The first kappa shape index (κ1) is 17.5. The molecule has 1 heterocycles. The Morgan fingerprint density at radius 3 is 2.24 bits per heavy atom. The van der Waals surface area contributed by atoms with Crippen molar-refractivity contribution in [1.82, 2.24) is 4.90 Å². The Kier molecular flexibility index (Phi) is 5.71. The van der Waals surface area contributed by atoms with E-state index in [1.54, 1.807) is 0 Å². The lowest BCUT2D eigenvalue weighted by Crippen LogP contribution is -2.51. The van der Waals surface area contributed by atoms with Gasteiger partial charge in [-0.3, -0.25) is 4.79 Å². The van der Waals surface area contributed by atoms with E-state index in [0.29, 0.717) is 12.5 Å². The zero-order valence-corrected chi connectivity index (χ0v) is 14.8. The molecule has 0 aliphatic carbocycles. The SMILES string of the molecule is CN(c1ccccc1)C1CCN(C(=O)C(N)Cc2ccccc2)CC1. The number of nitrogens with two attached hydrogens (primary N) is 1. The summed E-state index contributed by atoms with van der Waals surface area (Å²) in [7, 11) is 2.14. The van der Waals surface area contributed by atoms with Crippen molar-refractivity contribution >= 4 is 11.6 Å². The predicted octanol–water partition coefficient (Wildman–Crippen LogP) is 2.68. The van der Waals surface area contributed by atoms with E-state index in [9.17, 15) is 4.79 Å². The Balaban J connectivity index is 1.52. The van der Waals surface area contributed by atoms with Gasteiger partial charge < -0.3 is 15.5 Å². The first-order valence-electron chi connectivity index (χ1n) is 9.01. The molecule has 1 aliphatic rings. The quantitative estimate of drug-likeness (QED) is 0.912. The van der Waals surface area contributed by atoms with Gasteiger partial charge in [0.25, 0.3) is 0 Å². The van der Waals surface area contributed by atoms with Crippen molar-refractivity contribution in [2.75, 3.05) is 25.0 Å². The normalized spacial score (nSPS) is 16.5. The summed E-state index contributed by atoms with van der Waals surface area (Å²) in [5.74, 6) is 0.0738. The number of hydrogen-bond acceptors (Lipinski definition) is 3. The molecule has 4 heteroatoms. The molecule has 1 unspecified atom stereocenters. The Labute approximate surface area is 150 Å². The molecule has 1 fully saturated rings. The number of carbonyl (C=O) groups excluding carboxylic acids is 1. The van der Waals surface area contributed by atoms with Crippen LogP contribution in [0.5, 0.6) is 0 Å². The molecule has 1 saturated heterocycles. The highest BCUT2D eigenvalue weighted by atomic mass is 16.2. The molecule has 0 radical (unpaired) electrons. The summed E-state index contributed by atoms with van der Waals surface area (Å²) < 4.78 is 0. The lowest BCUT2D eigenvalue weighted by atomic mass is 10.0. The van der Waals surface area contributed by atoms with E-state index in [4.69, 9.17) is 5.73 Å². The highest BCUT2D eigenvalue weighted by Gasteiger charge is 2.28. The van der Waals surface area contributed by atoms with Crippen LogP contribution in [0.3, 0.4) is 0 Å². The average molecular weight is 337 g/mol. The molecule has 0 aromatic heterocycles. The summed E-state index contributed by atoms with van der Waals surface area (Å²) in [6.07, 6.45) is 2.56. The van der Waals surface area contributed by atoms with Crippen LogP contribution in [-0.2, 0) is 11.2 Å². The maximum absolute atomic E-state index is 12.6. The molecule has 0 saturated carbocycles. The number of likely N-dealkylation sites (tertiary alicyclic amines) is 1. The van der Waals surface area contributed by atoms with Gasteiger partial charge in [0.2, 0.25) is 5.91 Å². The minimum absolute atomic E-state index is 0.0738. The van der Waals surface area contributed by atoms with Crippen LogP contribution in [0, 0.1) is 0 Å². The molecule has 0 spiro atoms. The summed E-state index contributed by atoms with van der Waals surface area (Å²) in [6, 6.07) is 20.4. The van der Waals surface area contributed by atoms with Crippen LogP contribution in [-0.4, -0.2) is 43.0 Å². The lowest BCUT2D eigenvalue weighted by Gasteiger charge is -2.38. The highest BCUT2D eigenvalue weighted by Crippen LogP contribution is 2.22. The van der Waals surface area contributed by atoms with Gasteiger partial charge in [0.05, 0.1) is 6.04 Å². The molecule has 2 N–H and O–H groups in total. The molecule has 1 atom stereocenters. The zero-order valence-electron chi connectivity index (χ0n) is 14.8. The van der Waals surface area contributed by atoms with Crippen LogP contribution in [0.15, 0.2) is 60.7 Å². The highest BCUT2D eigenvalue weighted by molar-refractivity contribution is 5.82. The predicted molar refractivity (Wildman–Crippen MR) is 103 cm³/mol. The third kappa shape index (κ3) is 4.40. The minimum atomic E-state index is -0.453. The number of hydrogen-bond donors (Lipinski definition) is 1. The van der Waals surface area contributed by atoms with Crippen LogP contribution >= 0.6 is 0 Å². The van der Waals surface area contributed by atoms with Crippen LogP contribution in [0.2, 0.25) is 0 Å². The summed E-state index contributed by atoms with van der Waals surface area (Å²) in [5, 5.41) is 0. The van der Waals surface area contributed by atoms with Crippen molar-refractivity contribution in [2.45, 2.75) is 31.3 Å². The topological polar surface area (TPSA) is 49.6 Å². The second-order valence-corrected chi connectivity index (χ2v) is 6.80. The van der Waals surface area contributed by atoms with Crippen molar-refractivity contribution in [3.8, 4) is 0 Å². The van der Waals surface area contributed by atoms with E-state index in [2.05, 4.69) is 36.2 Å². The van der Waals surface area contributed by atoms with Gasteiger partial charge in [0.1, 0.15) is 0 Å². The summed E-state index contributed by atoms with van der Waals surface area (Å²) >= 11 is 0. The molecular formula is C21H27N3O. The molecule has 1 amide bonds. The summed E-state index contributed by atoms with van der Waals surface area (Å²) in [6.45, 7) is 1.56. The fraction of sp³-hybridized carbons (Fsp3) is 0.381. The van der Waals surface area contributed by atoms with E-state index in [0.717, 1.165) is 31.5 Å². The fourth-order valence-electron chi connectivity index (χ4n) is 3.54. The molecule has 3 rings (SSSR count). The number of piperidine rings is 1. The van der Waals surface area contributed by atoms with Gasteiger partial charge in [-0.05, 0) is 37.0 Å². The number of anilines is 1. The molecule has 0 bridgehead atoms. The van der Waals surface area contributed by atoms with E-state index in [1.807, 2.05) is 41.3 Å². The molecule has 4 nitrogen and oxygen atoms in total. The minimum Gasteiger partial charge on any atom is -0.371 e. The van der Waals surface area contributed by atoms with E-state index in [-0.39, 0.29) is 5.91 Å². The van der Waals surface area contributed by atoms with Crippen molar-refractivity contribution < 1.29 is 4.79 Å². The number of carbonyl (C=O) groups is 1. The Bertz CT molecular complexity index is 666. The first-order chi connectivity index (χ1) is 12.1. The molecule has 2 aromatic carbocycles. The van der Waals surface area contributed by atoms with Gasteiger partial charge in [-0.25, -0.2) is 0 Å². The van der Waals surface area contributed by atoms with Gasteiger partial charge >= 0.3 is 0 Å². The van der Waals surface area contributed by atoms with Crippen molar-refractivity contribution in [2.24, 2.45) is 5.73 Å². The largest absolute Gasteiger partial charge is 0.371 e.